The van der Waals surface area contributed by atoms with Crippen molar-refractivity contribution >= 4 is 27.3 Å². The molecule has 8 heteroatoms. The molecule has 0 spiro atoms. The van der Waals surface area contributed by atoms with E-state index in [0.29, 0.717) is 5.56 Å². The summed E-state index contributed by atoms with van der Waals surface area (Å²) in [6, 6.07) is 7.80. The maximum atomic E-state index is 12.2. The molecule has 2 N–H and O–H groups in total. The first-order valence-electron chi connectivity index (χ1n) is 5.64. The van der Waals surface area contributed by atoms with Crippen molar-refractivity contribution in [3.8, 4) is 6.07 Å². The van der Waals surface area contributed by atoms with Crippen LogP contribution in [0.15, 0.2) is 35.4 Å². The highest BCUT2D eigenvalue weighted by Crippen LogP contribution is 2.17. The Bertz CT molecular complexity index is 757. The topological polar surface area (TPSA) is 102 Å². The number of nitrogens with two attached hydrogens (primary N) is 1. The lowest BCUT2D eigenvalue weighted by Gasteiger charge is -2.05. The Morgan fingerprint density at radius 1 is 1.45 bits per heavy atom. The van der Waals surface area contributed by atoms with E-state index >= 15 is 0 Å². The molecule has 0 saturated heterocycles. The molecule has 0 bridgehead atoms. The number of sulfone groups is 1. The number of nitrogen functional groups attached to an aromatic ring is 1. The molecule has 2 rings (SSSR count). The second kappa shape index (κ2) is 5.53. The predicted octanol–water partition coefficient (Wildman–Crippen LogP) is 1.46. The van der Waals surface area contributed by atoms with Crippen LogP contribution < -0.4 is 5.73 Å². The van der Waals surface area contributed by atoms with Gasteiger partial charge in [-0.25, -0.2) is 8.42 Å². The average molecular weight is 311 g/mol. The number of aryl methyl sites for hydroxylation is 1. The molecular weight excluding hydrogens is 300 g/mol. The normalized spacial score (nSPS) is 11.2. The summed E-state index contributed by atoms with van der Waals surface area (Å²) in [5, 5.41) is 13.0. The number of halogens is 1. The molecule has 20 heavy (non-hydrogen) atoms. The zero-order chi connectivity index (χ0) is 14.8. The van der Waals surface area contributed by atoms with E-state index in [0.717, 1.165) is 0 Å². The van der Waals surface area contributed by atoms with Crippen molar-refractivity contribution in [2.45, 2.75) is 11.4 Å². The second-order valence-corrected chi connectivity index (χ2v) is 6.60. The van der Waals surface area contributed by atoms with E-state index in [1.807, 2.05) is 6.07 Å². The molecule has 2 aromatic rings. The molecule has 0 aliphatic heterocycles. The van der Waals surface area contributed by atoms with E-state index in [4.69, 9.17) is 22.6 Å². The lowest BCUT2D eigenvalue weighted by Crippen LogP contribution is -2.14. The van der Waals surface area contributed by atoms with Gasteiger partial charge in [0, 0.05) is 6.20 Å². The van der Waals surface area contributed by atoms with Crippen LogP contribution in [0.1, 0.15) is 5.56 Å². The Morgan fingerprint density at radius 2 is 2.20 bits per heavy atom. The van der Waals surface area contributed by atoms with Gasteiger partial charge in [0.2, 0.25) is 0 Å². The van der Waals surface area contributed by atoms with Crippen LogP contribution >= 0.6 is 11.6 Å². The molecule has 1 aromatic heterocycles. The maximum Gasteiger partial charge on any atom is 0.180 e. The van der Waals surface area contributed by atoms with Gasteiger partial charge in [0.05, 0.1) is 28.8 Å². The van der Waals surface area contributed by atoms with Gasteiger partial charge in [-0.3, -0.25) is 4.68 Å². The van der Waals surface area contributed by atoms with Crippen LogP contribution in [-0.2, 0) is 16.4 Å². The number of rotatable bonds is 4. The summed E-state index contributed by atoms with van der Waals surface area (Å²) in [6.07, 6.45) is 1.47. The number of benzene rings is 1. The van der Waals surface area contributed by atoms with Crippen LogP contribution in [0.3, 0.4) is 0 Å². The summed E-state index contributed by atoms with van der Waals surface area (Å²) in [5.41, 5.74) is 5.78. The van der Waals surface area contributed by atoms with Crippen LogP contribution in [0.2, 0.25) is 5.02 Å². The van der Waals surface area contributed by atoms with Crippen molar-refractivity contribution in [2.24, 2.45) is 0 Å². The molecule has 0 atom stereocenters. The number of hydrogen-bond donors (Lipinski definition) is 1. The van der Waals surface area contributed by atoms with Crippen molar-refractivity contribution in [1.29, 1.82) is 5.26 Å². The first-order valence-corrected chi connectivity index (χ1v) is 7.67. The molecule has 1 aromatic carbocycles. The maximum absolute atomic E-state index is 12.2. The van der Waals surface area contributed by atoms with Crippen LogP contribution in [0.4, 0.5) is 5.82 Å². The summed E-state index contributed by atoms with van der Waals surface area (Å²) >= 11 is 5.74. The van der Waals surface area contributed by atoms with E-state index in [9.17, 15) is 8.42 Å². The largest absolute Gasteiger partial charge is 0.381 e. The summed E-state index contributed by atoms with van der Waals surface area (Å²) in [4.78, 5) is 0.114. The molecule has 0 aliphatic carbocycles. The summed E-state index contributed by atoms with van der Waals surface area (Å²) < 4.78 is 25.7. The SMILES string of the molecule is N#Cc1cccc(S(=O)(=O)CCn2cc(Cl)c(N)n2)c1. The first kappa shape index (κ1) is 14.4. The van der Waals surface area contributed by atoms with Gasteiger partial charge in [-0.1, -0.05) is 17.7 Å². The van der Waals surface area contributed by atoms with Gasteiger partial charge in [-0.2, -0.15) is 10.4 Å². The summed E-state index contributed by atoms with van der Waals surface area (Å²) in [6.45, 7) is 0.135. The van der Waals surface area contributed by atoms with Crippen molar-refractivity contribution in [3.05, 3.63) is 41.0 Å². The van der Waals surface area contributed by atoms with Crippen LogP contribution in [0.25, 0.3) is 0 Å². The molecule has 0 saturated carbocycles. The van der Waals surface area contributed by atoms with Gasteiger partial charge in [-0.05, 0) is 18.2 Å². The van der Waals surface area contributed by atoms with E-state index in [1.54, 1.807) is 6.07 Å². The van der Waals surface area contributed by atoms with E-state index in [-0.39, 0.29) is 28.0 Å². The minimum Gasteiger partial charge on any atom is -0.381 e. The minimum absolute atomic E-state index is 0.114. The highest BCUT2D eigenvalue weighted by molar-refractivity contribution is 7.91. The lowest BCUT2D eigenvalue weighted by atomic mass is 10.2. The zero-order valence-electron chi connectivity index (χ0n) is 10.3. The Labute approximate surface area is 121 Å². The average Bonchev–Trinajstić information content (AvgIpc) is 2.76. The number of nitrogens with zero attached hydrogens (tertiary/aromatic N) is 3. The Kier molecular flexibility index (Phi) is 3.97. The molecule has 0 radical (unpaired) electrons. The third-order valence-electron chi connectivity index (χ3n) is 2.65. The molecule has 104 valence electrons. The van der Waals surface area contributed by atoms with Crippen molar-refractivity contribution in [1.82, 2.24) is 9.78 Å². The van der Waals surface area contributed by atoms with Crippen LogP contribution in [-0.4, -0.2) is 24.0 Å². The van der Waals surface area contributed by atoms with Gasteiger partial charge in [0.25, 0.3) is 0 Å². The predicted molar refractivity (Wildman–Crippen MR) is 74.9 cm³/mol. The van der Waals surface area contributed by atoms with Gasteiger partial charge >= 0.3 is 0 Å². The van der Waals surface area contributed by atoms with E-state index < -0.39 is 9.84 Å². The van der Waals surface area contributed by atoms with E-state index in [2.05, 4.69) is 5.10 Å². The van der Waals surface area contributed by atoms with Crippen LogP contribution in [0, 0.1) is 11.3 Å². The standard InChI is InChI=1S/C12H11ClN4O2S/c13-11-8-17(16-12(11)15)4-5-20(18,19)10-3-1-2-9(6-10)7-14/h1-3,6,8H,4-5H2,(H2,15,16). The Balaban J connectivity index is 2.17. The number of hydrogen-bond acceptors (Lipinski definition) is 5. The second-order valence-electron chi connectivity index (χ2n) is 4.08. The smallest absolute Gasteiger partial charge is 0.180 e. The van der Waals surface area contributed by atoms with Gasteiger partial charge in [0.1, 0.15) is 5.02 Å². The molecule has 0 unspecified atom stereocenters. The number of aromatic nitrogens is 2. The highest BCUT2D eigenvalue weighted by Gasteiger charge is 2.15. The van der Waals surface area contributed by atoms with Crippen molar-refractivity contribution < 1.29 is 8.42 Å². The fourth-order valence-corrected chi connectivity index (χ4v) is 3.02. The van der Waals surface area contributed by atoms with Gasteiger partial charge < -0.3 is 5.73 Å². The molecule has 0 amide bonds. The highest BCUT2D eigenvalue weighted by atomic mass is 35.5. The monoisotopic (exact) mass is 310 g/mol. The van der Waals surface area contributed by atoms with Gasteiger partial charge in [-0.15, -0.1) is 0 Å². The number of nitriles is 1. The van der Waals surface area contributed by atoms with Crippen molar-refractivity contribution in [3.63, 3.8) is 0 Å². The first-order chi connectivity index (χ1) is 9.42. The molecular formula is C12H11ClN4O2S. The summed E-state index contributed by atoms with van der Waals surface area (Å²) in [5.74, 6) is 0.00910. The van der Waals surface area contributed by atoms with Crippen LogP contribution in [0.5, 0.6) is 0 Å². The molecule has 0 fully saturated rings. The Morgan fingerprint density at radius 3 is 2.80 bits per heavy atom. The minimum atomic E-state index is -3.49. The quantitative estimate of drug-likeness (QED) is 0.921. The lowest BCUT2D eigenvalue weighted by molar-refractivity contribution is 0.581. The third-order valence-corrected chi connectivity index (χ3v) is 4.64. The molecule has 0 aliphatic rings. The van der Waals surface area contributed by atoms with E-state index in [1.165, 1.54) is 29.1 Å². The fourth-order valence-electron chi connectivity index (χ4n) is 1.62. The van der Waals surface area contributed by atoms with Crippen molar-refractivity contribution in [2.75, 3.05) is 11.5 Å². The third kappa shape index (κ3) is 3.10. The Hall–Kier alpha value is -2.04. The molecule has 1 heterocycles. The zero-order valence-corrected chi connectivity index (χ0v) is 11.9. The van der Waals surface area contributed by atoms with Gasteiger partial charge in [0.15, 0.2) is 15.7 Å². The summed E-state index contributed by atoms with van der Waals surface area (Å²) in [7, 11) is -3.49. The number of anilines is 1. The molecule has 6 nitrogen and oxygen atoms in total. The fraction of sp³-hybridized carbons (Fsp3) is 0.167.